The van der Waals surface area contributed by atoms with Crippen molar-refractivity contribution in [2.75, 3.05) is 0 Å². The van der Waals surface area contributed by atoms with Crippen LogP contribution >= 0.6 is 12.2 Å². The van der Waals surface area contributed by atoms with Gasteiger partial charge in [-0.1, -0.05) is 53.4 Å². The average molecular weight is 463 g/mol. The summed E-state index contributed by atoms with van der Waals surface area (Å²) in [5.41, 5.74) is 1.07. The predicted molar refractivity (Wildman–Crippen MR) is 144 cm³/mol. The van der Waals surface area contributed by atoms with Gasteiger partial charge in [-0.05, 0) is 125 Å². The van der Waals surface area contributed by atoms with Crippen molar-refractivity contribution in [1.29, 1.82) is 0 Å². The van der Waals surface area contributed by atoms with Crippen molar-refractivity contribution in [2.45, 2.75) is 144 Å². The van der Waals surface area contributed by atoms with Gasteiger partial charge in [-0.2, -0.15) is 0 Å². The van der Waals surface area contributed by atoms with Crippen molar-refractivity contribution in [3.8, 4) is 0 Å². The van der Waals surface area contributed by atoms with Gasteiger partial charge in [0, 0.05) is 12.1 Å². The Morgan fingerprint density at radius 3 is 1.41 bits per heavy atom. The highest BCUT2D eigenvalue weighted by Crippen LogP contribution is 2.54. The zero-order valence-electron chi connectivity index (χ0n) is 22.3. The van der Waals surface area contributed by atoms with Crippen molar-refractivity contribution in [3.63, 3.8) is 0 Å². The Hall–Kier alpha value is -0.310. The van der Waals surface area contributed by atoms with E-state index in [-0.39, 0.29) is 0 Å². The van der Waals surface area contributed by atoms with Crippen LogP contribution in [0.4, 0.5) is 0 Å². The first-order valence-electron chi connectivity index (χ1n) is 14.2. The SMILES string of the molecule is CC(C)NC(=S)NC1CCCC(C(C)(C)C2CCC(C(C)(C)C3CCCC3)CC2)CCC1. The maximum atomic E-state index is 5.51. The van der Waals surface area contributed by atoms with Gasteiger partial charge in [-0.25, -0.2) is 0 Å². The first kappa shape index (κ1) is 26.3. The van der Waals surface area contributed by atoms with Gasteiger partial charge in [-0.3, -0.25) is 0 Å². The standard InChI is InChI=1S/C29H54N2S/c1-21(2)30-27(32)31-26-15-9-13-23(14-10-16-26)29(5,6)25-19-17-24(18-20-25)28(3,4)22-11-7-8-12-22/h21-26H,7-20H2,1-6H3,(H2,30,31,32). The van der Waals surface area contributed by atoms with Gasteiger partial charge in [0.15, 0.2) is 5.11 Å². The molecule has 3 aliphatic carbocycles. The van der Waals surface area contributed by atoms with Crippen LogP contribution in [-0.4, -0.2) is 17.2 Å². The Bertz CT molecular complexity index is 572. The molecule has 0 atom stereocenters. The molecule has 0 bridgehead atoms. The zero-order valence-corrected chi connectivity index (χ0v) is 23.1. The van der Waals surface area contributed by atoms with Gasteiger partial charge in [0.2, 0.25) is 0 Å². The molecule has 0 unspecified atom stereocenters. The molecule has 0 aromatic carbocycles. The highest BCUT2D eigenvalue weighted by Gasteiger charge is 2.44. The molecule has 3 heteroatoms. The van der Waals surface area contributed by atoms with Crippen LogP contribution in [0.15, 0.2) is 0 Å². The Kier molecular flexibility index (Phi) is 9.38. The van der Waals surface area contributed by atoms with Gasteiger partial charge >= 0.3 is 0 Å². The fourth-order valence-electron chi connectivity index (χ4n) is 7.81. The van der Waals surface area contributed by atoms with Crippen LogP contribution < -0.4 is 10.6 Å². The fourth-order valence-corrected chi connectivity index (χ4v) is 8.21. The van der Waals surface area contributed by atoms with E-state index in [0.717, 1.165) is 28.8 Å². The summed E-state index contributed by atoms with van der Waals surface area (Å²) in [6.45, 7) is 14.8. The first-order chi connectivity index (χ1) is 15.1. The number of hydrogen-bond donors (Lipinski definition) is 2. The van der Waals surface area contributed by atoms with Gasteiger partial charge in [-0.15, -0.1) is 0 Å². The second-order valence-corrected chi connectivity index (χ2v) is 13.6. The first-order valence-corrected chi connectivity index (χ1v) is 14.6. The molecule has 0 aromatic heterocycles. The molecule has 186 valence electrons. The van der Waals surface area contributed by atoms with E-state index < -0.39 is 0 Å². The second kappa shape index (κ2) is 11.4. The lowest BCUT2D eigenvalue weighted by Crippen LogP contribution is -2.45. The third-order valence-corrected chi connectivity index (χ3v) is 10.5. The molecule has 0 heterocycles. The lowest BCUT2D eigenvalue weighted by molar-refractivity contribution is 0.0139. The minimum absolute atomic E-state index is 0.410. The third-order valence-electron chi connectivity index (χ3n) is 10.3. The quantitative estimate of drug-likeness (QED) is 0.388. The number of nitrogens with one attached hydrogen (secondary N) is 2. The van der Waals surface area contributed by atoms with E-state index >= 15 is 0 Å². The van der Waals surface area contributed by atoms with Crippen molar-refractivity contribution in [2.24, 2.45) is 34.5 Å². The van der Waals surface area contributed by atoms with E-state index in [1.54, 1.807) is 0 Å². The normalized spacial score (nSPS) is 31.2. The number of rotatable bonds is 6. The Morgan fingerprint density at radius 2 is 1.00 bits per heavy atom. The summed E-state index contributed by atoms with van der Waals surface area (Å²) in [5, 5.41) is 7.80. The highest BCUT2D eigenvalue weighted by molar-refractivity contribution is 7.80. The molecule has 3 saturated carbocycles. The molecule has 0 spiro atoms. The summed E-state index contributed by atoms with van der Waals surface area (Å²) in [6, 6.07) is 0.971. The van der Waals surface area contributed by atoms with Gasteiger partial charge in [0.1, 0.15) is 0 Å². The third kappa shape index (κ3) is 6.63. The smallest absolute Gasteiger partial charge is 0.166 e. The fraction of sp³-hybridized carbons (Fsp3) is 0.966. The van der Waals surface area contributed by atoms with E-state index in [0.29, 0.717) is 22.9 Å². The molecule has 3 fully saturated rings. The van der Waals surface area contributed by atoms with Crippen LogP contribution in [0, 0.1) is 34.5 Å². The van der Waals surface area contributed by atoms with Crippen molar-refractivity contribution in [1.82, 2.24) is 10.6 Å². The van der Waals surface area contributed by atoms with E-state index in [1.165, 1.54) is 89.9 Å². The minimum atomic E-state index is 0.410. The Labute approximate surface area is 205 Å². The van der Waals surface area contributed by atoms with Crippen LogP contribution in [-0.2, 0) is 0 Å². The van der Waals surface area contributed by atoms with E-state index in [4.69, 9.17) is 12.2 Å². The topological polar surface area (TPSA) is 24.1 Å². The van der Waals surface area contributed by atoms with Gasteiger partial charge in [0.05, 0.1) is 0 Å². The van der Waals surface area contributed by atoms with Crippen LogP contribution in [0.5, 0.6) is 0 Å². The lowest BCUT2D eigenvalue weighted by atomic mass is 9.57. The summed E-state index contributed by atoms with van der Waals surface area (Å²) in [6.07, 6.45) is 19.9. The molecule has 3 aliphatic rings. The van der Waals surface area contributed by atoms with Gasteiger partial charge in [0.25, 0.3) is 0 Å². The molecule has 2 nitrogen and oxygen atoms in total. The molecule has 32 heavy (non-hydrogen) atoms. The minimum Gasteiger partial charge on any atom is -0.361 e. The van der Waals surface area contributed by atoms with Crippen LogP contribution in [0.2, 0.25) is 0 Å². The zero-order chi connectivity index (χ0) is 23.4. The Balaban J connectivity index is 1.48. The van der Waals surface area contributed by atoms with Crippen LogP contribution in [0.3, 0.4) is 0 Å². The summed E-state index contributed by atoms with van der Waals surface area (Å²) in [4.78, 5) is 0. The largest absolute Gasteiger partial charge is 0.361 e. The van der Waals surface area contributed by atoms with Crippen molar-refractivity contribution in [3.05, 3.63) is 0 Å². The molecule has 3 rings (SSSR count). The van der Waals surface area contributed by atoms with Crippen LogP contribution in [0.1, 0.15) is 131 Å². The summed E-state index contributed by atoms with van der Waals surface area (Å²) in [7, 11) is 0. The second-order valence-electron chi connectivity index (χ2n) is 13.2. The predicted octanol–water partition coefficient (Wildman–Crippen LogP) is 8.25. The summed E-state index contributed by atoms with van der Waals surface area (Å²) >= 11 is 5.51. The number of thiocarbonyl (C=S) groups is 1. The van der Waals surface area contributed by atoms with Crippen LogP contribution in [0.25, 0.3) is 0 Å². The summed E-state index contributed by atoms with van der Waals surface area (Å²) in [5.74, 6) is 3.78. The maximum absolute atomic E-state index is 5.51. The summed E-state index contributed by atoms with van der Waals surface area (Å²) < 4.78 is 0. The Morgan fingerprint density at radius 1 is 0.625 bits per heavy atom. The van der Waals surface area contributed by atoms with E-state index in [9.17, 15) is 0 Å². The van der Waals surface area contributed by atoms with Crippen molar-refractivity contribution >= 4 is 17.3 Å². The van der Waals surface area contributed by atoms with E-state index in [2.05, 4.69) is 52.2 Å². The van der Waals surface area contributed by atoms with Crippen molar-refractivity contribution < 1.29 is 0 Å². The highest BCUT2D eigenvalue weighted by atomic mass is 32.1. The molecule has 0 amide bonds. The molecule has 0 saturated heterocycles. The average Bonchev–Trinajstić information content (AvgIpc) is 3.25. The van der Waals surface area contributed by atoms with Gasteiger partial charge < -0.3 is 10.6 Å². The molecule has 0 radical (unpaired) electrons. The molecular weight excluding hydrogens is 408 g/mol. The van der Waals surface area contributed by atoms with E-state index in [1.807, 2.05) is 0 Å². The number of hydrogen-bond acceptors (Lipinski definition) is 1. The molecule has 2 N–H and O–H groups in total. The monoisotopic (exact) mass is 462 g/mol. The lowest BCUT2D eigenvalue weighted by Gasteiger charge is -2.49. The molecular formula is C29H54N2S. The molecule has 0 aliphatic heterocycles. The molecule has 0 aromatic rings. The maximum Gasteiger partial charge on any atom is 0.166 e.